The molecule has 0 spiro atoms. The normalized spacial score (nSPS) is 12.8. The van der Waals surface area contributed by atoms with Crippen LogP contribution in [0.2, 0.25) is 0 Å². The first-order valence-electron chi connectivity index (χ1n) is 12.8. The molecule has 0 aliphatic carbocycles. The number of aryl methyl sites for hydroxylation is 1. The van der Waals surface area contributed by atoms with Gasteiger partial charge in [0.15, 0.2) is 0 Å². The predicted octanol–water partition coefficient (Wildman–Crippen LogP) is 3.74. The molecule has 9 nitrogen and oxygen atoms in total. The van der Waals surface area contributed by atoms with Gasteiger partial charge in [0.25, 0.3) is 0 Å². The van der Waals surface area contributed by atoms with Crippen LogP contribution in [0, 0.1) is 6.92 Å². The molecular formula is C27H44N4O5. The zero-order valence-corrected chi connectivity index (χ0v) is 22.7. The van der Waals surface area contributed by atoms with Gasteiger partial charge in [-0.15, -0.1) is 0 Å². The maximum absolute atomic E-state index is 13.9. The van der Waals surface area contributed by atoms with Gasteiger partial charge in [-0.1, -0.05) is 56.5 Å². The molecule has 2 atom stereocenters. The van der Waals surface area contributed by atoms with Gasteiger partial charge in [-0.25, -0.2) is 4.79 Å². The highest BCUT2D eigenvalue weighted by Crippen LogP contribution is 2.24. The fraction of sp³-hybridized carbons (Fsp3) is 0.630. The van der Waals surface area contributed by atoms with Crippen LogP contribution in [0.5, 0.6) is 0 Å². The number of primary amides is 1. The zero-order valence-electron chi connectivity index (χ0n) is 22.7. The number of amides is 4. The number of ether oxygens (including phenoxy) is 1. The quantitative estimate of drug-likeness (QED) is 0.332. The number of hydrogen-bond acceptors (Lipinski definition) is 5. The average molecular weight is 505 g/mol. The van der Waals surface area contributed by atoms with Crippen LogP contribution in [0.1, 0.15) is 90.3 Å². The number of nitrogens with zero attached hydrogens (tertiary/aromatic N) is 1. The van der Waals surface area contributed by atoms with Gasteiger partial charge in [0, 0.05) is 19.5 Å². The lowest BCUT2D eigenvalue weighted by Gasteiger charge is -2.34. The van der Waals surface area contributed by atoms with Crippen LogP contribution in [0.15, 0.2) is 24.3 Å². The van der Waals surface area contributed by atoms with Gasteiger partial charge in [-0.2, -0.15) is 0 Å². The van der Waals surface area contributed by atoms with E-state index in [1.807, 2.05) is 45.0 Å². The van der Waals surface area contributed by atoms with E-state index in [1.54, 1.807) is 20.8 Å². The number of carbonyl (C=O) groups is 4. The minimum atomic E-state index is -1.08. The number of hydrogen-bond donors (Lipinski definition) is 3. The van der Waals surface area contributed by atoms with Gasteiger partial charge in [-0.3, -0.25) is 14.4 Å². The van der Waals surface area contributed by atoms with Crippen molar-refractivity contribution >= 4 is 23.8 Å². The van der Waals surface area contributed by atoms with E-state index in [1.165, 1.54) is 4.90 Å². The summed E-state index contributed by atoms with van der Waals surface area (Å²) in [5.74, 6) is -1.35. The Hall–Kier alpha value is -3.10. The van der Waals surface area contributed by atoms with Gasteiger partial charge in [0.05, 0.1) is 0 Å². The molecule has 0 saturated carbocycles. The molecule has 4 N–H and O–H groups in total. The molecule has 0 fully saturated rings. The summed E-state index contributed by atoms with van der Waals surface area (Å²) >= 11 is 0. The van der Waals surface area contributed by atoms with Crippen LogP contribution in [-0.4, -0.2) is 53.4 Å². The van der Waals surface area contributed by atoms with Crippen LogP contribution in [0.3, 0.4) is 0 Å². The highest BCUT2D eigenvalue weighted by atomic mass is 16.6. The molecule has 202 valence electrons. The van der Waals surface area contributed by atoms with Gasteiger partial charge in [-0.05, 0) is 52.5 Å². The molecule has 1 aromatic rings. The van der Waals surface area contributed by atoms with E-state index in [4.69, 9.17) is 10.5 Å². The second-order valence-corrected chi connectivity index (χ2v) is 10.0. The van der Waals surface area contributed by atoms with Gasteiger partial charge in [0.1, 0.15) is 17.7 Å². The minimum Gasteiger partial charge on any atom is -0.444 e. The molecule has 4 amide bonds. The average Bonchev–Trinajstić information content (AvgIpc) is 2.78. The molecule has 2 unspecified atom stereocenters. The van der Waals surface area contributed by atoms with Crippen molar-refractivity contribution in [1.29, 1.82) is 0 Å². The first-order valence-corrected chi connectivity index (χ1v) is 12.8. The van der Waals surface area contributed by atoms with E-state index in [0.29, 0.717) is 25.1 Å². The maximum atomic E-state index is 13.9. The first-order chi connectivity index (χ1) is 16.9. The monoisotopic (exact) mass is 504 g/mol. The molecule has 36 heavy (non-hydrogen) atoms. The van der Waals surface area contributed by atoms with Crippen LogP contribution in [0.25, 0.3) is 0 Å². The minimum absolute atomic E-state index is 0.00585. The topological polar surface area (TPSA) is 131 Å². The third-order valence-electron chi connectivity index (χ3n) is 5.49. The number of nitrogens with one attached hydrogen (secondary N) is 2. The lowest BCUT2D eigenvalue weighted by Crippen LogP contribution is -2.53. The molecule has 0 aliphatic heterocycles. The van der Waals surface area contributed by atoms with Crippen molar-refractivity contribution in [2.45, 2.75) is 97.8 Å². The third kappa shape index (κ3) is 11.1. The Labute approximate surface area is 215 Å². The fourth-order valence-corrected chi connectivity index (χ4v) is 3.60. The summed E-state index contributed by atoms with van der Waals surface area (Å²) in [6.07, 6.45) is 2.30. The van der Waals surface area contributed by atoms with Crippen molar-refractivity contribution in [1.82, 2.24) is 15.5 Å². The van der Waals surface area contributed by atoms with E-state index < -0.39 is 35.6 Å². The van der Waals surface area contributed by atoms with E-state index in [2.05, 4.69) is 10.6 Å². The lowest BCUT2D eigenvalue weighted by molar-refractivity contribution is -0.142. The molecule has 0 aromatic heterocycles. The SMILES string of the molecule is CCCCNC(=O)C(c1ccc(C)cc1)N(CCCC)C(=O)C(CCC(N)=O)NC(=O)OC(C)(C)C. The summed E-state index contributed by atoms with van der Waals surface area (Å²) in [5, 5.41) is 5.55. The van der Waals surface area contributed by atoms with Crippen molar-refractivity contribution in [3.8, 4) is 0 Å². The van der Waals surface area contributed by atoms with Gasteiger partial charge >= 0.3 is 6.09 Å². The fourth-order valence-electron chi connectivity index (χ4n) is 3.60. The standard InChI is InChI=1S/C27H44N4O5/c1-7-9-17-29-24(33)23(20-13-11-19(3)12-14-20)31(18-10-8-2)25(34)21(15-16-22(28)32)30-26(35)36-27(4,5)6/h11-14,21,23H,7-10,15-18H2,1-6H3,(H2,28,32)(H,29,33)(H,30,35). The molecular weight excluding hydrogens is 460 g/mol. The van der Waals surface area contributed by atoms with Crippen LogP contribution < -0.4 is 16.4 Å². The summed E-state index contributed by atoms with van der Waals surface area (Å²) in [4.78, 5) is 52.9. The van der Waals surface area contributed by atoms with E-state index in [0.717, 1.165) is 24.8 Å². The highest BCUT2D eigenvalue weighted by molar-refractivity contribution is 5.92. The number of rotatable bonds is 14. The third-order valence-corrected chi connectivity index (χ3v) is 5.49. The van der Waals surface area contributed by atoms with Gasteiger partial charge in [0.2, 0.25) is 17.7 Å². The molecule has 0 aliphatic rings. The maximum Gasteiger partial charge on any atom is 0.408 e. The lowest BCUT2D eigenvalue weighted by atomic mass is 10.00. The number of alkyl carbamates (subject to hydrolysis) is 1. The van der Waals surface area contributed by atoms with Crippen molar-refractivity contribution in [3.63, 3.8) is 0 Å². The second-order valence-electron chi connectivity index (χ2n) is 10.0. The van der Waals surface area contributed by atoms with E-state index >= 15 is 0 Å². The highest BCUT2D eigenvalue weighted by Gasteiger charge is 2.36. The summed E-state index contributed by atoms with van der Waals surface area (Å²) in [7, 11) is 0. The predicted molar refractivity (Wildman–Crippen MR) is 140 cm³/mol. The van der Waals surface area contributed by atoms with Crippen molar-refractivity contribution in [2.75, 3.05) is 13.1 Å². The summed E-state index contributed by atoms with van der Waals surface area (Å²) in [6.45, 7) is 11.9. The summed E-state index contributed by atoms with van der Waals surface area (Å²) in [6, 6.07) is 5.50. The van der Waals surface area contributed by atoms with Crippen molar-refractivity contribution in [3.05, 3.63) is 35.4 Å². The Morgan fingerprint density at radius 2 is 1.64 bits per heavy atom. The van der Waals surface area contributed by atoms with Gasteiger partial charge < -0.3 is 26.0 Å². The summed E-state index contributed by atoms with van der Waals surface area (Å²) < 4.78 is 5.34. The number of carbonyl (C=O) groups excluding carboxylic acids is 4. The first kappa shape index (κ1) is 30.9. The Morgan fingerprint density at radius 3 is 2.17 bits per heavy atom. The molecule has 0 saturated heterocycles. The Kier molecular flexibility index (Phi) is 13.0. The Balaban J connectivity index is 3.41. The molecule has 9 heteroatoms. The smallest absolute Gasteiger partial charge is 0.408 e. The molecule has 0 radical (unpaired) electrons. The number of nitrogens with two attached hydrogens (primary N) is 1. The molecule has 0 heterocycles. The number of benzene rings is 1. The van der Waals surface area contributed by atoms with Crippen LogP contribution >= 0.6 is 0 Å². The van der Waals surface area contributed by atoms with Crippen molar-refractivity contribution in [2.24, 2.45) is 5.73 Å². The second kappa shape index (κ2) is 15.1. The number of unbranched alkanes of at least 4 members (excludes halogenated alkanes) is 2. The van der Waals surface area contributed by atoms with Crippen LogP contribution in [-0.2, 0) is 19.1 Å². The van der Waals surface area contributed by atoms with E-state index in [-0.39, 0.29) is 18.7 Å². The summed E-state index contributed by atoms with van der Waals surface area (Å²) in [5.41, 5.74) is 6.27. The Bertz CT molecular complexity index is 864. The molecule has 1 rings (SSSR count). The Morgan fingerprint density at radius 1 is 1.03 bits per heavy atom. The molecule has 1 aromatic carbocycles. The zero-order chi connectivity index (χ0) is 27.3. The van der Waals surface area contributed by atoms with E-state index in [9.17, 15) is 19.2 Å². The molecule has 0 bridgehead atoms. The van der Waals surface area contributed by atoms with Crippen LogP contribution in [0.4, 0.5) is 4.79 Å². The van der Waals surface area contributed by atoms with Crippen molar-refractivity contribution < 1.29 is 23.9 Å². The largest absolute Gasteiger partial charge is 0.444 e.